The minimum atomic E-state index is -0.0679. The van der Waals surface area contributed by atoms with Gasteiger partial charge in [0.2, 0.25) is 11.8 Å². The maximum Gasteiger partial charge on any atom is 0.227 e. The third-order valence-corrected chi connectivity index (χ3v) is 3.61. The number of nitrogens with zero attached hydrogens (tertiary/aromatic N) is 3. The quantitative estimate of drug-likeness (QED) is 0.888. The fourth-order valence-electron chi connectivity index (χ4n) is 2.41. The number of anilines is 1. The van der Waals surface area contributed by atoms with Crippen LogP contribution in [0.15, 0.2) is 6.20 Å². The first-order valence-electron chi connectivity index (χ1n) is 7.22. The van der Waals surface area contributed by atoms with E-state index in [0.29, 0.717) is 25.9 Å². The molecule has 0 saturated carbocycles. The van der Waals surface area contributed by atoms with E-state index in [1.807, 2.05) is 13.8 Å². The van der Waals surface area contributed by atoms with Crippen LogP contribution in [0.4, 0.5) is 5.82 Å². The van der Waals surface area contributed by atoms with E-state index < -0.39 is 0 Å². The first-order chi connectivity index (χ1) is 9.61. The number of aromatic nitrogens is 2. The molecule has 2 rings (SSSR count). The molecule has 0 bridgehead atoms. The third-order valence-electron chi connectivity index (χ3n) is 3.61. The number of aryl methyl sites for hydroxylation is 2. The fraction of sp³-hybridized carbons (Fsp3) is 0.643. The maximum absolute atomic E-state index is 12.0. The first-order valence-corrected chi connectivity index (χ1v) is 7.22. The lowest BCUT2D eigenvalue weighted by atomic mass is 10.1. The predicted octanol–water partition coefficient (Wildman–Crippen LogP) is 1.55. The van der Waals surface area contributed by atoms with Crippen LogP contribution in [0.2, 0.25) is 0 Å². The summed E-state index contributed by atoms with van der Waals surface area (Å²) >= 11 is 0. The lowest BCUT2D eigenvalue weighted by molar-refractivity contribution is -0.133. The van der Waals surface area contributed by atoms with Crippen molar-refractivity contribution < 1.29 is 9.59 Å². The molecule has 1 fully saturated rings. The number of hydrogen-bond donors (Lipinski definition) is 1. The number of piperidine rings is 1. The van der Waals surface area contributed by atoms with E-state index in [0.717, 1.165) is 30.8 Å². The summed E-state index contributed by atoms with van der Waals surface area (Å²) in [4.78, 5) is 25.4. The minimum absolute atomic E-state index is 0.0679. The van der Waals surface area contributed by atoms with Crippen molar-refractivity contribution in [2.75, 3.05) is 18.4 Å². The molecule has 0 radical (unpaired) electrons. The third kappa shape index (κ3) is 3.37. The van der Waals surface area contributed by atoms with Gasteiger partial charge >= 0.3 is 0 Å². The van der Waals surface area contributed by atoms with Crippen LogP contribution in [-0.2, 0) is 16.1 Å². The highest BCUT2D eigenvalue weighted by molar-refractivity contribution is 5.91. The van der Waals surface area contributed by atoms with Crippen LogP contribution in [0, 0.1) is 6.92 Å². The summed E-state index contributed by atoms with van der Waals surface area (Å²) in [5.74, 6) is 0.850. The highest BCUT2D eigenvalue weighted by Crippen LogP contribution is 2.15. The molecule has 1 aromatic rings. The van der Waals surface area contributed by atoms with E-state index in [2.05, 4.69) is 10.4 Å². The number of carbonyl (C=O) groups is 2. The van der Waals surface area contributed by atoms with Gasteiger partial charge in [0.1, 0.15) is 5.82 Å². The van der Waals surface area contributed by atoms with Crippen LogP contribution in [0.1, 0.15) is 38.2 Å². The Morgan fingerprint density at radius 2 is 2.25 bits per heavy atom. The zero-order chi connectivity index (χ0) is 14.5. The molecular weight excluding hydrogens is 256 g/mol. The van der Waals surface area contributed by atoms with Crippen molar-refractivity contribution in [3.05, 3.63) is 11.8 Å². The molecule has 0 spiro atoms. The van der Waals surface area contributed by atoms with E-state index >= 15 is 0 Å². The topological polar surface area (TPSA) is 67.2 Å². The lowest BCUT2D eigenvalue weighted by Crippen LogP contribution is -2.37. The summed E-state index contributed by atoms with van der Waals surface area (Å²) in [6.45, 7) is 5.90. The van der Waals surface area contributed by atoms with Gasteiger partial charge in [0, 0.05) is 38.0 Å². The molecule has 20 heavy (non-hydrogen) atoms. The largest absolute Gasteiger partial charge is 0.342 e. The number of carbonyl (C=O) groups excluding carboxylic acids is 2. The first kappa shape index (κ1) is 14.6. The van der Waals surface area contributed by atoms with Crippen molar-refractivity contribution in [3.63, 3.8) is 0 Å². The van der Waals surface area contributed by atoms with E-state index in [1.165, 1.54) is 0 Å². The predicted molar refractivity (Wildman–Crippen MR) is 76.3 cm³/mol. The van der Waals surface area contributed by atoms with Gasteiger partial charge in [0.05, 0.1) is 6.20 Å². The molecule has 1 N–H and O–H groups in total. The Balaban J connectivity index is 1.86. The Labute approximate surface area is 119 Å². The van der Waals surface area contributed by atoms with Crippen molar-refractivity contribution in [1.29, 1.82) is 0 Å². The highest BCUT2D eigenvalue weighted by atomic mass is 16.2. The van der Waals surface area contributed by atoms with Crippen molar-refractivity contribution in [2.45, 2.75) is 46.1 Å². The summed E-state index contributed by atoms with van der Waals surface area (Å²) in [5.41, 5.74) is 0.953. The Morgan fingerprint density at radius 3 is 2.95 bits per heavy atom. The van der Waals surface area contributed by atoms with Gasteiger partial charge in [-0.25, -0.2) is 4.68 Å². The second kappa shape index (κ2) is 6.54. The van der Waals surface area contributed by atoms with Gasteiger partial charge in [0.25, 0.3) is 0 Å². The Kier molecular flexibility index (Phi) is 4.76. The molecule has 110 valence electrons. The van der Waals surface area contributed by atoms with Gasteiger partial charge in [-0.15, -0.1) is 0 Å². The average Bonchev–Trinajstić information content (AvgIpc) is 2.79. The standard InChI is InChI=1S/C14H22N4O2/c1-3-18-14(11(2)10-15-18)16-12(19)7-9-17-8-5-4-6-13(17)20/h10H,3-9H2,1-2H3,(H,16,19). The normalized spacial score (nSPS) is 15.5. The van der Waals surface area contributed by atoms with Gasteiger partial charge < -0.3 is 10.2 Å². The summed E-state index contributed by atoms with van der Waals surface area (Å²) in [5, 5.41) is 7.07. The molecular formula is C14H22N4O2. The van der Waals surface area contributed by atoms with Crippen LogP contribution < -0.4 is 5.32 Å². The molecule has 0 aromatic carbocycles. The van der Waals surface area contributed by atoms with Crippen molar-refractivity contribution >= 4 is 17.6 Å². The Hall–Kier alpha value is -1.85. The SMILES string of the molecule is CCn1ncc(C)c1NC(=O)CCN1CCCCC1=O. The maximum atomic E-state index is 12.0. The second-order valence-corrected chi connectivity index (χ2v) is 5.13. The number of nitrogens with one attached hydrogen (secondary N) is 1. The van der Waals surface area contributed by atoms with Gasteiger partial charge in [-0.3, -0.25) is 9.59 Å². The summed E-state index contributed by atoms with van der Waals surface area (Å²) in [7, 11) is 0. The molecule has 6 heteroatoms. The van der Waals surface area contributed by atoms with Crippen molar-refractivity contribution in [2.24, 2.45) is 0 Å². The van der Waals surface area contributed by atoms with Crippen molar-refractivity contribution in [1.82, 2.24) is 14.7 Å². The summed E-state index contributed by atoms with van der Waals surface area (Å²) < 4.78 is 1.76. The monoisotopic (exact) mass is 278 g/mol. The van der Waals surface area contributed by atoms with Crippen LogP contribution >= 0.6 is 0 Å². The van der Waals surface area contributed by atoms with Crippen LogP contribution in [0.25, 0.3) is 0 Å². The van der Waals surface area contributed by atoms with Crippen LogP contribution in [0.3, 0.4) is 0 Å². The molecule has 0 unspecified atom stereocenters. The smallest absolute Gasteiger partial charge is 0.227 e. The van der Waals surface area contributed by atoms with E-state index in [1.54, 1.807) is 15.8 Å². The summed E-state index contributed by atoms with van der Waals surface area (Å²) in [6.07, 6.45) is 4.70. The van der Waals surface area contributed by atoms with Crippen LogP contribution in [-0.4, -0.2) is 39.6 Å². The van der Waals surface area contributed by atoms with E-state index in [9.17, 15) is 9.59 Å². The van der Waals surface area contributed by atoms with Crippen LogP contribution in [0.5, 0.6) is 0 Å². The molecule has 2 amide bonds. The van der Waals surface area contributed by atoms with E-state index in [4.69, 9.17) is 0 Å². The molecule has 1 saturated heterocycles. The number of rotatable bonds is 5. The molecule has 1 aliphatic rings. The molecule has 0 atom stereocenters. The van der Waals surface area contributed by atoms with Gasteiger partial charge in [-0.05, 0) is 26.7 Å². The number of amides is 2. The van der Waals surface area contributed by atoms with E-state index in [-0.39, 0.29) is 11.8 Å². The molecule has 0 aliphatic carbocycles. The lowest BCUT2D eigenvalue weighted by Gasteiger charge is -2.26. The summed E-state index contributed by atoms with van der Waals surface area (Å²) in [6, 6.07) is 0. The van der Waals surface area contributed by atoms with Gasteiger partial charge in [-0.1, -0.05) is 0 Å². The fourth-order valence-corrected chi connectivity index (χ4v) is 2.41. The molecule has 1 aromatic heterocycles. The van der Waals surface area contributed by atoms with Gasteiger partial charge in [-0.2, -0.15) is 5.10 Å². The molecule has 6 nitrogen and oxygen atoms in total. The minimum Gasteiger partial charge on any atom is -0.342 e. The number of likely N-dealkylation sites (tertiary alicyclic amines) is 1. The Morgan fingerprint density at radius 1 is 1.45 bits per heavy atom. The zero-order valence-electron chi connectivity index (χ0n) is 12.2. The Bertz CT molecular complexity index is 495. The molecule has 2 heterocycles. The molecule has 1 aliphatic heterocycles. The highest BCUT2D eigenvalue weighted by Gasteiger charge is 2.19. The van der Waals surface area contributed by atoms with Gasteiger partial charge in [0.15, 0.2) is 0 Å². The number of hydrogen-bond acceptors (Lipinski definition) is 3. The second-order valence-electron chi connectivity index (χ2n) is 5.13. The average molecular weight is 278 g/mol. The van der Waals surface area contributed by atoms with Crippen molar-refractivity contribution in [3.8, 4) is 0 Å². The zero-order valence-corrected chi connectivity index (χ0v) is 12.2.